The monoisotopic (exact) mass is 196 g/mol. The third-order valence-electron chi connectivity index (χ3n) is 2.24. The molecule has 13 heavy (non-hydrogen) atoms. The lowest BCUT2D eigenvalue weighted by atomic mass is 9.91. The van der Waals surface area contributed by atoms with Gasteiger partial charge in [0.05, 0.1) is 0 Å². The van der Waals surface area contributed by atoms with Gasteiger partial charge in [-0.3, -0.25) is 0 Å². The Morgan fingerprint density at radius 3 is 1.31 bits per heavy atom. The Morgan fingerprint density at radius 2 is 1.08 bits per heavy atom. The van der Waals surface area contributed by atoms with Crippen LogP contribution in [0.5, 0.6) is 0 Å². The molecule has 0 N–H and O–H groups in total. The Labute approximate surface area is 88.8 Å². The first-order valence-electron chi connectivity index (χ1n) is 4.71. The van der Waals surface area contributed by atoms with Crippen molar-refractivity contribution in [1.82, 2.24) is 0 Å². The van der Waals surface area contributed by atoms with Crippen LogP contribution in [0.25, 0.3) is 0 Å². The second kappa shape index (κ2) is 5.33. The highest BCUT2D eigenvalue weighted by Crippen LogP contribution is 2.25. The maximum Gasteiger partial charge on any atom is -0.0216 e. The predicted molar refractivity (Wildman–Crippen MR) is 65.0 cm³/mol. The van der Waals surface area contributed by atoms with Crippen molar-refractivity contribution in [3.05, 3.63) is 35.4 Å². The lowest BCUT2D eigenvalue weighted by Gasteiger charge is -2.14. The Balaban J connectivity index is 0.00000144. The van der Waals surface area contributed by atoms with Gasteiger partial charge in [0.25, 0.3) is 0 Å². The summed E-state index contributed by atoms with van der Waals surface area (Å²) in [6.07, 6.45) is 0. The van der Waals surface area contributed by atoms with Crippen LogP contribution in [0.3, 0.4) is 0 Å². The zero-order valence-electron chi connectivity index (χ0n) is 8.96. The van der Waals surface area contributed by atoms with E-state index in [2.05, 4.69) is 52.0 Å². The molecule has 0 fully saturated rings. The average molecular weight is 196 g/mol. The van der Waals surface area contributed by atoms with Crippen LogP contribution in [0.15, 0.2) is 24.3 Å². The van der Waals surface area contributed by atoms with Crippen molar-refractivity contribution in [3.8, 4) is 0 Å². The molecule has 0 atom stereocenters. The lowest BCUT2D eigenvalue weighted by Crippen LogP contribution is -1.97. The van der Waals surface area contributed by atoms with Gasteiger partial charge in [0.15, 0.2) is 0 Å². The Bertz CT molecular complexity index is 224. The lowest BCUT2D eigenvalue weighted by molar-refractivity contribution is 0.790. The molecule has 0 radical (unpaired) electrons. The average Bonchev–Trinajstić information content (AvgIpc) is 2.04. The fourth-order valence-corrected chi connectivity index (χ4v) is 1.56. The zero-order valence-corrected chi connectivity index (χ0v) is 9.96. The molecule has 0 bridgehead atoms. The Morgan fingerprint density at radius 1 is 0.769 bits per heavy atom. The van der Waals surface area contributed by atoms with E-state index in [-0.39, 0.29) is 13.5 Å². The van der Waals surface area contributed by atoms with E-state index < -0.39 is 0 Å². The van der Waals surface area contributed by atoms with Crippen LogP contribution in [0.4, 0.5) is 0 Å². The van der Waals surface area contributed by atoms with Gasteiger partial charge in [-0.15, -0.1) is 0 Å². The van der Waals surface area contributed by atoms with Gasteiger partial charge in [-0.05, 0) is 23.0 Å². The van der Waals surface area contributed by atoms with E-state index in [0.717, 1.165) is 0 Å². The first-order chi connectivity index (χ1) is 5.63. The smallest absolute Gasteiger partial charge is 0.0216 e. The number of benzene rings is 1. The molecule has 0 aromatic heterocycles. The van der Waals surface area contributed by atoms with Gasteiger partial charge in [-0.25, -0.2) is 0 Å². The summed E-state index contributed by atoms with van der Waals surface area (Å²) in [7, 11) is 0. The maximum atomic E-state index is 2.25. The zero-order chi connectivity index (χ0) is 9.14. The van der Waals surface area contributed by atoms with Crippen molar-refractivity contribution in [3.63, 3.8) is 0 Å². The van der Waals surface area contributed by atoms with Crippen molar-refractivity contribution in [2.45, 2.75) is 39.5 Å². The minimum Gasteiger partial charge on any atom is -0.197 e. The minimum atomic E-state index is 0. The molecule has 0 nitrogen and oxygen atoms in total. The van der Waals surface area contributed by atoms with E-state index in [9.17, 15) is 0 Å². The summed E-state index contributed by atoms with van der Waals surface area (Å²) in [4.78, 5) is 0. The van der Waals surface area contributed by atoms with Crippen LogP contribution in [0.1, 0.15) is 50.7 Å². The highest BCUT2D eigenvalue weighted by molar-refractivity contribution is 7.59. The van der Waals surface area contributed by atoms with Crippen LogP contribution < -0.4 is 0 Å². The van der Waals surface area contributed by atoms with Gasteiger partial charge >= 0.3 is 0 Å². The quantitative estimate of drug-likeness (QED) is 0.669. The van der Waals surface area contributed by atoms with Crippen LogP contribution in [0, 0.1) is 0 Å². The summed E-state index contributed by atoms with van der Waals surface area (Å²) in [6.45, 7) is 9.00. The summed E-state index contributed by atoms with van der Waals surface area (Å²) in [5.41, 5.74) is 2.99. The van der Waals surface area contributed by atoms with E-state index in [4.69, 9.17) is 0 Å². The molecular formula is C12H20S. The number of hydrogen-bond acceptors (Lipinski definition) is 0. The van der Waals surface area contributed by atoms with Crippen LogP contribution >= 0.6 is 13.5 Å². The van der Waals surface area contributed by atoms with Crippen molar-refractivity contribution in [1.29, 1.82) is 0 Å². The molecule has 0 saturated heterocycles. The largest absolute Gasteiger partial charge is 0.197 e. The van der Waals surface area contributed by atoms with E-state index >= 15 is 0 Å². The molecule has 0 heterocycles. The summed E-state index contributed by atoms with van der Waals surface area (Å²) >= 11 is 0. The second-order valence-electron chi connectivity index (χ2n) is 3.94. The van der Waals surface area contributed by atoms with Crippen LogP contribution in [0.2, 0.25) is 0 Å². The van der Waals surface area contributed by atoms with E-state index in [1.165, 1.54) is 11.1 Å². The molecule has 0 unspecified atom stereocenters. The van der Waals surface area contributed by atoms with Gasteiger partial charge in [-0.1, -0.05) is 52.0 Å². The third-order valence-corrected chi connectivity index (χ3v) is 2.24. The molecule has 0 aliphatic rings. The fourth-order valence-electron chi connectivity index (χ4n) is 1.56. The summed E-state index contributed by atoms with van der Waals surface area (Å²) in [5.74, 6) is 1.28. The van der Waals surface area contributed by atoms with Crippen LogP contribution in [-0.2, 0) is 0 Å². The SMILES string of the molecule is CC(C)c1ccccc1C(C)C.S. The van der Waals surface area contributed by atoms with Crippen LogP contribution in [-0.4, -0.2) is 0 Å². The number of rotatable bonds is 2. The number of hydrogen-bond donors (Lipinski definition) is 0. The molecule has 74 valence electrons. The summed E-state index contributed by atoms with van der Waals surface area (Å²) < 4.78 is 0. The van der Waals surface area contributed by atoms with Gasteiger partial charge in [-0.2, -0.15) is 13.5 Å². The standard InChI is InChI=1S/C12H18.H2S/c1-9(2)11-7-5-6-8-12(11)10(3)4;/h5-10H,1-4H3;1H2. The van der Waals surface area contributed by atoms with E-state index in [1.807, 2.05) is 0 Å². The molecule has 1 aromatic rings. The fraction of sp³-hybridized carbons (Fsp3) is 0.500. The molecule has 0 aliphatic heterocycles. The second-order valence-corrected chi connectivity index (χ2v) is 3.94. The summed E-state index contributed by atoms with van der Waals surface area (Å²) in [5, 5.41) is 0. The molecule has 1 rings (SSSR count). The molecule has 0 aliphatic carbocycles. The molecule has 0 amide bonds. The van der Waals surface area contributed by atoms with Gasteiger partial charge in [0, 0.05) is 0 Å². The molecular weight excluding hydrogens is 176 g/mol. The molecule has 1 heteroatoms. The molecule has 0 saturated carbocycles. The van der Waals surface area contributed by atoms with Gasteiger partial charge < -0.3 is 0 Å². The van der Waals surface area contributed by atoms with Gasteiger partial charge in [0.2, 0.25) is 0 Å². The highest BCUT2D eigenvalue weighted by atomic mass is 32.1. The normalized spacial score (nSPS) is 10.3. The van der Waals surface area contributed by atoms with Crippen molar-refractivity contribution >= 4 is 13.5 Å². The van der Waals surface area contributed by atoms with Crippen molar-refractivity contribution in [2.24, 2.45) is 0 Å². The third kappa shape index (κ3) is 3.07. The maximum absolute atomic E-state index is 2.25. The van der Waals surface area contributed by atoms with Crippen molar-refractivity contribution in [2.75, 3.05) is 0 Å². The highest BCUT2D eigenvalue weighted by Gasteiger charge is 2.07. The first kappa shape index (κ1) is 12.6. The minimum absolute atomic E-state index is 0. The topological polar surface area (TPSA) is 0 Å². The Kier molecular flexibility index (Phi) is 5.16. The molecule has 0 spiro atoms. The summed E-state index contributed by atoms with van der Waals surface area (Å²) in [6, 6.07) is 8.72. The van der Waals surface area contributed by atoms with Crippen molar-refractivity contribution < 1.29 is 0 Å². The molecule has 1 aromatic carbocycles. The first-order valence-corrected chi connectivity index (χ1v) is 4.71. The predicted octanol–water partition coefficient (Wildman–Crippen LogP) is 4.05. The van der Waals surface area contributed by atoms with Gasteiger partial charge in [0.1, 0.15) is 0 Å². The van der Waals surface area contributed by atoms with E-state index in [1.54, 1.807) is 0 Å². The van der Waals surface area contributed by atoms with E-state index in [0.29, 0.717) is 11.8 Å². The Hall–Kier alpha value is -0.430.